The Balaban J connectivity index is 3.44. The van der Waals surface area contributed by atoms with Crippen LogP contribution in [-0.4, -0.2) is 12.6 Å². The van der Waals surface area contributed by atoms with Crippen molar-refractivity contribution in [1.82, 2.24) is 0 Å². The summed E-state index contributed by atoms with van der Waals surface area (Å²) in [5.41, 5.74) is 0. The lowest BCUT2D eigenvalue weighted by molar-refractivity contribution is -0.144. The molecule has 0 amide bonds. The molecule has 17 heavy (non-hydrogen) atoms. The van der Waals surface area contributed by atoms with Gasteiger partial charge in [0.1, 0.15) is 0 Å². The lowest BCUT2D eigenvalue weighted by Crippen LogP contribution is -2.10. The molecule has 2 nitrogen and oxygen atoms in total. The number of rotatable bonds is 9. The van der Waals surface area contributed by atoms with Gasteiger partial charge < -0.3 is 4.74 Å². The van der Waals surface area contributed by atoms with Crippen molar-refractivity contribution in [2.24, 2.45) is 17.8 Å². The van der Waals surface area contributed by atoms with Crippen molar-refractivity contribution in [3.63, 3.8) is 0 Å². The predicted molar refractivity (Wildman–Crippen MR) is 72.9 cm³/mol. The van der Waals surface area contributed by atoms with Crippen LogP contribution >= 0.6 is 0 Å². The average Bonchev–Trinajstić information content (AvgIpc) is 2.15. The number of esters is 1. The van der Waals surface area contributed by atoms with Gasteiger partial charge >= 0.3 is 5.97 Å². The molecule has 102 valence electrons. The molecule has 0 N–H and O–H groups in total. The van der Waals surface area contributed by atoms with Gasteiger partial charge in [-0.05, 0) is 24.2 Å². The number of carbonyl (C=O) groups excluding carboxylic acids is 1. The Kier molecular flexibility index (Phi) is 9.20. The van der Waals surface area contributed by atoms with Crippen molar-refractivity contribution in [2.45, 2.75) is 66.7 Å². The first kappa shape index (κ1) is 16.5. The highest BCUT2D eigenvalue weighted by Gasteiger charge is 2.08. The summed E-state index contributed by atoms with van der Waals surface area (Å²) in [7, 11) is 0. The summed E-state index contributed by atoms with van der Waals surface area (Å²) in [6, 6.07) is 0. The molecule has 0 rings (SSSR count). The summed E-state index contributed by atoms with van der Waals surface area (Å²) in [6.45, 7) is 11.4. The molecule has 2 heteroatoms. The van der Waals surface area contributed by atoms with Gasteiger partial charge in [-0.15, -0.1) is 0 Å². The smallest absolute Gasteiger partial charge is 0.306 e. The normalized spacial score (nSPS) is 13.1. The number of hydrogen-bond donors (Lipinski definition) is 0. The molecule has 0 aliphatic carbocycles. The fourth-order valence-electron chi connectivity index (χ4n) is 1.79. The first-order valence-corrected chi connectivity index (χ1v) is 7.07. The summed E-state index contributed by atoms with van der Waals surface area (Å²) in [4.78, 5) is 11.3. The van der Waals surface area contributed by atoms with Gasteiger partial charge in [-0.2, -0.15) is 0 Å². The van der Waals surface area contributed by atoms with E-state index in [0.29, 0.717) is 24.9 Å². The van der Waals surface area contributed by atoms with Gasteiger partial charge in [-0.25, -0.2) is 0 Å². The number of ether oxygens (including phenoxy) is 1. The summed E-state index contributed by atoms with van der Waals surface area (Å²) in [6.07, 6.45) is 5.39. The molecule has 0 bridgehead atoms. The quantitative estimate of drug-likeness (QED) is 0.559. The highest BCUT2D eigenvalue weighted by atomic mass is 16.5. The van der Waals surface area contributed by atoms with Crippen molar-refractivity contribution >= 4 is 5.97 Å². The fourth-order valence-corrected chi connectivity index (χ4v) is 1.79. The van der Waals surface area contributed by atoms with E-state index >= 15 is 0 Å². The summed E-state index contributed by atoms with van der Waals surface area (Å²) in [5, 5.41) is 0. The molecule has 1 unspecified atom stereocenters. The van der Waals surface area contributed by atoms with Crippen molar-refractivity contribution in [2.75, 3.05) is 6.61 Å². The second-order valence-electron chi connectivity index (χ2n) is 6.04. The van der Waals surface area contributed by atoms with E-state index in [1.807, 2.05) is 13.8 Å². The maximum Gasteiger partial charge on any atom is 0.306 e. The number of hydrogen-bond acceptors (Lipinski definition) is 2. The Morgan fingerprint density at radius 1 is 0.941 bits per heavy atom. The third kappa shape index (κ3) is 11.7. The van der Waals surface area contributed by atoms with Crippen LogP contribution in [0.1, 0.15) is 66.7 Å². The lowest BCUT2D eigenvalue weighted by atomic mass is 9.98. The van der Waals surface area contributed by atoms with Crippen molar-refractivity contribution in [3.8, 4) is 0 Å². The van der Waals surface area contributed by atoms with Crippen LogP contribution in [-0.2, 0) is 9.53 Å². The van der Waals surface area contributed by atoms with E-state index in [2.05, 4.69) is 20.8 Å². The maximum atomic E-state index is 11.3. The molecule has 0 radical (unpaired) electrons. The number of carbonyl (C=O) groups is 1. The van der Waals surface area contributed by atoms with Crippen molar-refractivity contribution < 1.29 is 9.53 Å². The molecule has 0 aromatic heterocycles. The molecular formula is C15H30O2. The fraction of sp³-hybridized carbons (Fsp3) is 0.933. The van der Waals surface area contributed by atoms with E-state index in [1.165, 1.54) is 19.3 Å². The zero-order valence-corrected chi connectivity index (χ0v) is 12.3. The zero-order valence-electron chi connectivity index (χ0n) is 12.3. The largest absolute Gasteiger partial charge is 0.466 e. The lowest BCUT2D eigenvalue weighted by Gasteiger charge is -2.12. The van der Waals surface area contributed by atoms with Gasteiger partial charge in [-0.3, -0.25) is 4.79 Å². The van der Waals surface area contributed by atoms with E-state index in [9.17, 15) is 4.79 Å². The van der Waals surface area contributed by atoms with Gasteiger partial charge in [0.25, 0.3) is 0 Å². The van der Waals surface area contributed by atoms with Crippen LogP contribution in [0.5, 0.6) is 0 Å². The molecule has 0 spiro atoms. The van der Waals surface area contributed by atoms with Gasteiger partial charge in [0, 0.05) is 6.42 Å². The van der Waals surface area contributed by atoms with Crippen LogP contribution < -0.4 is 0 Å². The van der Waals surface area contributed by atoms with E-state index in [-0.39, 0.29) is 5.97 Å². The Labute approximate surface area is 107 Å². The molecule has 0 heterocycles. The van der Waals surface area contributed by atoms with Gasteiger partial charge in [0.2, 0.25) is 0 Å². The van der Waals surface area contributed by atoms with E-state index in [0.717, 1.165) is 12.3 Å². The molecular weight excluding hydrogens is 212 g/mol. The predicted octanol–water partition coefficient (Wildman–Crippen LogP) is 4.43. The van der Waals surface area contributed by atoms with E-state index in [1.54, 1.807) is 0 Å². The molecule has 0 saturated carbocycles. The Morgan fingerprint density at radius 2 is 1.59 bits per heavy atom. The summed E-state index contributed by atoms with van der Waals surface area (Å²) in [5.74, 6) is 1.81. The second-order valence-corrected chi connectivity index (χ2v) is 6.04. The van der Waals surface area contributed by atoms with Gasteiger partial charge in [-0.1, -0.05) is 53.9 Å². The van der Waals surface area contributed by atoms with Gasteiger partial charge in [0.15, 0.2) is 0 Å². The van der Waals surface area contributed by atoms with Crippen molar-refractivity contribution in [3.05, 3.63) is 0 Å². The third-order valence-electron chi connectivity index (χ3n) is 2.93. The Hall–Kier alpha value is -0.530. The Morgan fingerprint density at radius 3 is 2.12 bits per heavy atom. The van der Waals surface area contributed by atoms with Crippen LogP contribution in [0.2, 0.25) is 0 Å². The minimum atomic E-state index is -0.0469. The second kappa shape index (κ2) is 9.49. The summed E-state index contributed by atoms with van der Waals surface area (Å²) >= 11 is 0. The molecule has 0 fully saturated rings. The SMILES string of the molecule is CC(C)CCCC(C)CCOC(=O)CC(C)C. The van der Waals surface area contributed by atoms with Crippen LogP contribution in [0.15, 0.2) is 0 Å². The van der Waals surface area contributed by atoms with Crippen LogP contribution in [0.3, 0.4) is 0 Å². The highest BCUT2D eigenvalue weighted by Crippen LogP contribution is 2.15. The highest BCUT2D eigenvalue weighted by molar-refractivity contribution is 5.69. The minimum Gasteiger partial charge on any atom is -0.466 e. The topological polar surface area (TPSA) is 26.3 Å². The summed E-state index contributed by atoms with van der Waals surface area (Å²) < 4.78 is 5.21. The first-order valence-electron chi connectivity index (χ1n) is 7.07. The average molecular weight is 242 g/mol. The first-order chi connectivity index (χ1) is 7.91. The molecule has 0 aromatic carbocycles. The van der Waals surface area contributed by atoms with Crippen LogP contribution in [0.4, 0.5) is 0 Å². The van der Waals surface area contributed by atoms with Crippen LogP contribution in [0.25, 0.3) is 0 Å². The minimum absolute atomic E-state index is 0.0469. The van der Waals surface area contributed by atoms with E-state index < -0.39 is 0 Å². The molecule has 0 aromatic rings. The standard InChI is InChI=1S/C15H30O2/c1-12(2)7-6-8-14(5)9-10-17-15(16)11-13(3)4/h12-14H,6-11H2,1-5H3. The van der Waals surface area contributed by atoms with Crippen LogP contribution in [0, 0.1) is 17.8 Å². The third-order valence-corrected chi connectivity index (χ3v) is 2.93. The molecule has 0 aliphatic heterocycles. The molecule has 0 saturated heterocycles. The van der Waals surface area contributed by atoms with Gasteiger partial charge in [0.05, 0.1) is 6.61 Å². The molecule has 1 atom stereocenters. The maximum absolute atomic E-state index is 11.3. The van der Waals surface area contributed by atoms with Crippen molar-refractivity contribution in [1.29, 1.82) is 0 Å². The monoisotopic (exact) mass is 242 g/mol. The molecule has 0 aliphatic rings. The zero-order chi connectivity index (χ0) is 13.3. The van der Waals surface area contributed by atoms with E-state index in [4.69, 9.17) is 4.74 Å². The Bertz CT molecular complexity index is 197.